The Kier molecular flexibility index (Phi) is 4.58. The molecule has 3 rings (SSSR count). The van der Waals surface area contributed by atoms with Crippen LogP contribution in [0.25, 0.3) is 6.08 Å². The highest BCUT2D eigenvalue weighted by Gasteiger charge is 2.35. The third-order valence-electron chi connectivity index (χ3n) is 4.15. The van der Waals surface area contributed by atoms with Crippen LogP contribution in [-0.2, 0) is 14.3 Å². The molecule has 0 saturated carbocycles. The first-order chi connectivity index (χ1) is 12.4. The molecule has 1 fully saturated rings. The highest BCUT2D eigenvalue weighted by atomic mass is 16.5. The van der Waals surface area contributed by atoms with E-state index in [0.29, 0.717) is 11.3 Å². The van der Waals surface area contributed by atoms with Gasteiger partial charge in [-0.3, -0.25) is 15.0 Å². The fourth-order valence-electron chi connectivity index (χ4n) is 2.86. The fourth-order valence-corrected chi connectivity index (χ4v) is 2.86. The quantitative estimate of drug-likeness (QED) is 0.524. The second kappa shape index (κ2) is 6.84. The Balaban J connectivity index is 2.00. The number of hydrogen-bond acceptors (Lipinski definition) is 4. The molecule has 1 aliphatic heterocycles. The molecule has 132 valence electrons. The van der Waals surface area contributed by atoms with Gasteiger partial charge >= 0.3 is 5.97 Å². The minimum Gasteiger partial charge on any atom is -0.465 e. The fraction of sp³-hybridized carbons (Fsp3) is 0.150. The maximum Gasteiger partial charge on any atom is 0.338 e. The Morgan fingerprint density at radius 2 is 1.85 bits per heavy atom. The molecular formula is C20H18N2O4. The van der Waals surface area contributed by atoms with Crippen LogP contribution in [0.3, 0.4) is 0 Å². The van der Waals surface area contributed by atoms with Gasteiger partial charge in [-0.15, -0.1) is 0 Å². The topological polar surface area (TPSA) is 75.7 Å². The van der Waals surface area contributed by atoms with Crippen LogP contribution in [0.2, 0.25) is 0 Å². The van der Waals surface area contributed by atoms with Crippen LogP contribution in [0.5, 0.6) is 0 Å². The third kappa shape index (κ3) is 3.09. The average Bonchev–Trinajstić information content (AvgIpc) is 2.89. The SMILES string of the molecule is COC(=O)c1ccccc1C=C1C(=O)NN(c2ccc(C)cc2C)C1=O. The summed E-state index contributed by atoms with van der Waals surface area (Å²) in [6, 6.07) is 12.2. The maximum absolute atomic E-state index is 12.8. The van der Waals surface area contributed by atoms with Crippen LogP contribution < -0.4 is 10.4 Å². The van der Waals surface area contributed by atoms with Gasteiger partial charge in [0.15, 0.2) is 0 Å². The lowest BCUT2D eigenvalue weighted by molar-refractivity contribution is -0.117. The largest absolute Gasteiger partial charge is 0.465 e. The molecule has 1 aliphatic rings. The minimum atomic E-state index is -0.533. The van der Waals surface area contributed by atoms with Crippen molar-refractivity contribution < 1.29 is 19.1 Å². The number of nitrogens with zero attached hydrogens (tertiary/aromatic N) is 1. The predicted octanol–water partition coefficient (Wildman–Crippen LogP) is 2.55. The molecule has 26 heavy (non-hydrogen) atoms. The second-order valence-corrected chi connectivity index (χ2v) is 6.01. The number of carbonyl (C=O) groups excluding carboxylic acids is 3. The molecule has 0 aromatic heterocycles. The first kappa shape index (κ1) is 17.4. The van der Waals surface area contributed by atoms with Gasteiger partial charge in [-0.05, 0) is 43.2 Å². The molecule has 2 amide bonds. The second-order valence-electron chi connectivity index (χ2n) is 6.01. The van der Waals surface area contributed by atoms with E-state index in [-0.39, 0.29) is 11.1 Å². The number of methoxy groups -OCH3 is 1. The van der Waals surface area contributed by atoms with Gasteiger partial charge in [0.2, 0.25) is 0 Å². The van der Waals surface area contributed by atoms with Gasteiger partial charge in [0.25, 0.3) is 11.8 Å². The van der Waals surface area contributed by atoms with Gasteiger partial charge in [0.1, 0.15) is 5.57 Å². The summed E-state index contributed by atoms with van der Waals surface area (Å²) in [4.78, 5) is 37.0. The van der Waals surface area contributed by atoms with Crippen molar-refractivity contribution in [2.75, 3.05) is 12.1 Å². The summed E-state index contributed by atoms with van der Waals surface area (Å²) in [5.41, 5.74) is 5.81. The van der Waals surface area contributed by atoms with Crippen molar-refractivity contribution in [3.05, 3.63) is 70.3 Å². The van der Waals surface area contributed by atoms with Gasteiger partial charge in [0, 0.05) is 0 Å². The molecule has 2 aromatic carbocycles. The molecule has 1 heterocycles. The molecule has 0 spiro atoms. The number of anilines is 1. The van der Waals surface area contributed by atoms with Gasteiger partial charge in [0.05, 0.1) is 18.4 Å². The van der Waals surface area contributed by atoms with E-state index in [4.69, 9.17) is 4.74 Å². The van der Waals surface area contributed by atoms with Crippen LogP contribution >= 0.6 is 0 Å². The summed E-state index contributed by atoms with van der Waals surface area (Å²) in [5.74, 6) is -1.52. The predicted molar refractivity (Wildman–Crippen MR) is 97.3 cm³/mol. The molecule has 0 bridgehead atoms. The van der Waals surface area contributed by atoms with Gasteiger partial charge in [-0.1, -0.05) is 35.9 Å². The summed E-state index contributed by atoms with van der Waals surface area (Å²) in [5, 5.41) is 1.23. The Morgan fingerprint density at radius 1 is 1.12 bits per heavy atom. The lowest BCUT2D eigenvalue weighted by Gasteiger charge is -2.17. The van der Waals surface area contributed by atoms with Crippen molar-refractivity contribution >= 4 is 29.5 Å². The number of amides is 2. The van der Waals surface area contributed by atoms with Crippen LogP contribution in [0, 0.1) is 13.8 Å². The zero-order valence-corrected chi connectivity index (χ0v) is 14.7. The molecule has 0 aliphatic carbocycles. The smallest absolute Gasteiger partial charge is 0.338 e. The summed E-state index contributed by atoms with van der Waals surface area (Å²) >= 11 is 0. The van der Waals surface area contributed by atoms with Crippen molar-refractivity contribution in [2.45, 2.75) is 13.8 Å². The molecule has 2 aromatic rings. The number of carbonyl (C=O) groups is 3. The molecule has 1 saturated heterocycles. The van der Waals surface area contributed by atoms with Gasteiger partial charge in [-0.2, -0.15) is 0 Å². The summed E-state index contributed by atoms with van der Waals surface area (Å²) < 4.78 is 4.75. The summed E-state index contributed by atoms with van der Waals surface area (Å²) in [6.07, 6.45) is 1.41. The third-order valence-corrected chi connectivity index (χ3v) is 4.15. The van der Waals surface area contributed by atoms with E-state index in [2.05, 4.69) is 5.43 Å². The molecule has 0 atom stereocenters. The van der Waals surface area contributed by atoms with Crippen molar-refractivity contribution in [3.8, 4) is 0 Å². The first-order valence-corrected chi connectivity index (χ1v) is 8.04. The molecule has 6 nitrogen and oxygen atoms in total. The van der Waals surface area contributed by atoms with Gasteiger partial charge < -0.3 is 4.74 Å². The van der Waals surface area contributed by atoms with E-state index >= 15 is 0 Å². The van der Waals surface area contributed by atoms with Crippen LogP contribution in [0.15, 0.2) is 48.0 Å². The number of hydrazine groups is 1. The highest BCUT2D eigenvalue weighted by molar-refractivity contribution is 6.32. The average molecular weight is 350 g/mol. The number of hydrogen-bond donors (Lipinski definition) is 1. The van der Waals surface area contributed by atoms with Gasteiger partial charge in [-0.25, -0.2) is 9.80 Å². The molecule has 0 unspecified atom stereocenters. The van der Waals surface area contributed by atoms with E-state index in [1.165, 1.54) is 18.2 Å². The zero-order chi connectivity index (χ0) is 18.8. The van der Waals surface area contributed by atoms with Crippen LogP contribution in [-0.4, -0.2) is 24.9 Å². The lowest BCUT2D eigenvalue weighted by atomic mass is 10.0. The number of nitrogens with one attached hydrogen (secondary N) is 1. The first-order valence-electron chi connectivity index (χ1n) is 8.04. The number of rotatable bonds is 3. The highest BCUT2D eigenvalue weighted by Crippen LogP contribution is 2.26. The van der Waals surface area contributed by atoms with E-state index in [1.807, 2.05) is 26.0 Å². The Hall–Kier alpha value is -3.41. The summed E-state index contributed by atoms with van der Waals surface area (Å²) in [7, 11) is 1.28. The molecule has 6 heteroatoms. The van der Waals surface area contributed by atoms with Crippen molar-refractivity contribution in [2.24, 2.45) is 0 Å². The Labute approximate surface area is 151 Å². The number of esters is 1. The number of aryl methyl sites for hydroxylation is 2. The maximum atomic E-state index is 12.8. The number of benzene rings is 2. The normalized spacial score (nSPS) is 15.3. The van der Waals surface area contributed by atoms with E-state index in [0.717, 1.165) is 11.1 Å². The Bertz CT molecular complexity index is 947. The summed E-state index contributed by atoms with van der Waals surface area (Å²) in [6.45, 7) is 3.83. The van der Waals surface area contributed by atoms with E-state index < -0.39 is 17.8 Å². The zero-order valence-electron chi connectivity index (χ0n) is 14.7. The van der Waals surface area contributed by atoms with Crippen molar-refractivity contribution in [1.82, 2.24) is 5.43 Å². The van der Waals surface area contributed by atoms with Crippen molar-refractivity contribution in [1.29, 1.82) is 0 Å². The molecule has 1 N–H and O–H groups in total. The van der Waals surface area contributed by atoms with Crippen LogP contribution in [0.1, 0.15) is 27.0 Å². The minimum absolute atomic E-state index is 0.0404. The van der Waals surface area contributed by atoms with E-state index in [9.17, 15) is 14.4 Å². The lowest BCUT2D eigenvalue weighted by Crippen LogP contribution is -2.36. The molecule has 0 radical (unpaired) electrons. The monoisotopic (exact) mass is 350 g/mol. The Morgan fingerprint density at radius 3 is 2.54 bits per heavy atom. The number of ether oxygens (including phenoxy) is 1. The van der Waals surface area contributed by atoms with Crippen LogP contribution in [0.4, 0.5) is 5.69 Å². The van der Waals surface area contributed by atoms with Crippen molar-refractivity contribution in [3.63, 3.8) is 0 Å². The van der Waals surface area contributed by atoms with E-state index in [1.54, 1.807) is 30.3 Å². The standard InChI is InChI=1S/C20H18N2O4/c1-12-8-9-17(13(2)10-12)22-19(24)16(18(23)21-22)11-14-6-4-5-7-15(14)20(25)26-3/h4-11H,1-3H3,(H,21,23). The molecular weight excluding hydrogens is 332 g/mol.